The highest BCUT2D eigenvalue weighted by molar-refractivity contribution is 7.80. The van der Waals surface area contributed by atoms with Crippen LogP contribution in [0.15, 0.2) is 95.2 Å². The van der Waals surface area contributed by atoms with Crippen LogP contribution in [-0.4, -0.2) is 48.2 Å². The molecule has 42 heavy (non-hydrogen) atoms. The number of aromatic nitrogens is 4. The number of imidazole rings is 1. The number of nitrogens with zero attached hydrogens (tertiary/aromatic N) is 3. The first-order valence-electron chi connectivity index (χ1n) is 13.9. The number of aryl methyl sites for hydroxylation is 1. The summed E-state index contributed by atoms with van der Waals surface area (Å²) in [7, 11) is 0. The van der Waals surface area contributed by atoms with Crippen LogP contribution in [0.4, 0.5) is 0 Å². The van der Waals surface area contributed by atoms with Gasteiger partial charge in [0.15, 0.2) is 12.3 Å². The van der Waals surface area contributed by atoms with Crippen molar-refractivity contribution < 1.29 is 18.9 Å². The second kappa shape index (κ2) is 12.1. The number of H-pyrrole nitrogens is 1. The maximum atomic E-state index is 13.2. The first-order chi connectivity index (χ1) is 20.4. The molecule has 2 aliphatic rings. The Morgan fingerprint density at radius 2 is 1.81 bits per heavy atom. The number of hydrogen-bond acceptors (Lipinski definition) is 8. The van der Waals surface area contributed by atoms with Crippen LogP contribution in [0.2, 0.25) is 0 Å². The zero-order valence-corrected chi connectivity index (χ0v) is 23.9. The number of rotatable bonds is 8. The Balaban J connectivity index is 1.41. The van der Waals surface area contributed by atoms with Gasteiger partial charge in [0.25, 0.3) is 10.7 Å². The molecule has 0 unspecified atom stereocenters. The van der Waals surface area contributed by atoms with Gasteiger partial charge in [-0.05, 0) is 49.5 Å². The summed E-state index contributed by atoms with van der Waals surface area (Å²) >= 11 is 5.67. The zero-order chi connectivity index (χ0) is 29.1. The van der Waals surface area contributed by atoms with Crippen molar-refractivity contribution in [3.05, 3.63) is 123 Å². The summed E-state index contributed by atoms with van der Waals surface area (Å²) in [5.74, 6) is 0. The largest absolute Gasteiger partial charge is 0.459 e. The molecule has 0 radical (unpaired) electrons. The smallest absolute Gasteiger partial charge is 0.330 e. The molecule has 4 aromatic rings. The molecule has 2 fully saturated rings. The molecule has 11 heteroatoms. The van der Waals surface area contributed by atoms with Gasteiger partial charge in [-0.25, -0.2) is 9.78 Å². The molecule has 2 aromatic carbocycles. The second-order valence-electron chi connectivity index (χ2n) is 10.7. The van der Waals surface area contributed by atoms with Crippen LogP contribution in [0.1, 0.15) is 42.2 Å². The lowest BCUT2D eigenvalue weighted by Crippen LogP contribution is -2.58. The van der Waals surface area contributed by atoms with E-state index in [1.54, 1.807) is 30.2 Å². The first-order valence-corrected chi connectivity index (χ1v) is 14.4. The van der Waals surface area contributed by atoms with E-state index in [1.165, 1.54) is 10.8 Å². The molecule has 1 aliphatic heterocycles. The van der Waals surface area contributed by atoms with E-state index < -0.39 is 35.3 Å². The average molecular weight is 589 g/mol. The summed E-state index contributed by atoms with van der Waals surface area (Å²) in [5, 5.41) is 0.135. The molecule has 1 aliphatic carbocycles. The zero-order valence-electron chi connectivity index (χ0n) is 23.1. The number of nitrogens with one attached hydrogen (secondary N) is 1. The van der Waals surface area contributed by atoms with E-state index in [0.717, 1.165) is 24.0 Å². The van der Waals surface area contributed by atoms with Gasteiger partial charge in [-0.3, -0.25) is 18.9 Å². The SMILES string of the molecule is Cc1cn([C@@H]2O[C@@H]3[C@H](OCc4ccccc4)CCC[C@]3(OCc3ccccc3)[C@H]2OC(=S)n2ccnc2)c(=O)[nH]c1=O. The molecule has 1 N–H and O–H groups in total. The quantitative estimate of drug-likeness (QED) is 0.309. The molecule has 0 bridgehead atoms. The number of ether oxygens (including phenoxy) is 4. The van der Waals surface area contributed by atoms with Gasteiger partial charge in [-0.2, -0.15) is 0 Å². The van der Waals surface area contributed by atoms with E-state index in [1.807, 2.05) is 60.7 Å². The first kappa shape index (κ1) is 28.2. The van der Waals surface area contributed by atoms with E-state index in [-0.39, 0.29) is 17.9 Å². The Labute approximate surface area is 247 Å². The summed E-state index contributed by atoms with van der Waals surface area (Å²) in [6.07, 6.45) is 5.65. The number of aromatic amines is 1. The monoisotopic (exact) mass is 588 g/mol. The van der Waals surface area contributed by atoms with Gasteiger partial charge in [-0.1, -0.05) is 60.7 Å². The molecule has 5 atom stereocenters. The van der Waals surface area contributed by atoms with Gasteiger partial charge < -0.3 is 18.9 Å². The van der Waals surface area contributed by atoms with Crippen LogP contribution >= 0.6 is 12.2 Å². The molecule has 1 saturated heterocycles. The van der Waals surface area contributed by atoms with Crippen molar-refractivity contribution >= 4 is 17.4 Å². The lowest BCUT2D eigenvalue weighted by atomic mass is 9.77. The predicted octanol–water partition coefficient (Wildman–Crippen LogP) is 3.88. The van der Waals surface area contributed by atoms with Gasteiger partial charge in [0.05, 0.1) is 19.3 Å². The van der Waals surface area contributed by atoms with E-state index in [2.05, 4.69) is 9.97 Å². The fourth-order valence-corrected chi connectivity index (χ4v) is 6.03. The topological polar surface area (TPSA) is 110 Å². The third-order valence-corrected chi connectivity index (χ3v) is 8.23. The molecule has 1 saturated carbocycles. The molecule has 10 nitrogen and oxygen atoms in total. The number of thiocarbonyl (C=S) groups is 1. The van der Waals surface area contributed by atoms with E-state index in [9.17, 15) is 9.59 Å². The third-order valence-electron chi connectivity index (χ3n) is 7.92. The minimum absolute atomic E-state index is 0.135. The lowest BCUT2D eigenvalue weighted by Gasteiger charge is -2.44. The third kappa shape index (κ3) is 5.60. The fourth-order valence-electron chi connectivity index (χ4n) is 5.82. The average Bonchev–Trinajstić information content (AvgIpc) is 3.66. The van der Waals surface area contributed by atoms with Gasteiger partial charge in [0.1, 0.15) is 18.0 Å². The van der Waals surface area contributed by atoms with Gasteiger partial charge >= 0.3 is 5.69 Å². The summed E-state index contributed by atoms with van der Waals surface area (Å²) in [6.45, 7) is 2.31. The van der Waals surface area contributed by atoms with Crippen LogP contribution in [0.25, 0.3) is 0 Å². The number of fused-ring (bicyclic) bond motifs is 1. The molecular formula is C31H32N4O6S. The molecule has 0 spiro atoms. The Hall–Kier alpha value is -3.90. The maximum absolute atomic E-state index is 13.2. The van der Waals surface area contributed by atoms with Crippen LogP contribution in [0.5, 0.6) is 0 Å². The Bertz CT molecular complexity index is 1620. The van der Waals surface area contributed by atoms with Crippen molar-refractivity contribution in [2.45, 2.75) is 69.5 Å². The van der Waals surface area contributed by atoms with Crippen molar-refractivity contribution in [1.82, 2.24) is 19.1 Å². The minimum Gasteiger partial charge on any atom is -0.459 e. The highest BCUT2D eigenvalue weighted by Gasteiger charge is 2.64. The summed E-state index contributed by atoms with van der Waals surface area (Å²) < 4.78 is 29.5. The predicted molar refractivity (Wildman–Crippen MR) is 158 cm³/mol. The van der Waals surface area contributed by atoms with E-state index in [0.29, 0.717) is 18.6 Å². The molecule has 218 valence electrons. The van der Waals surface area contributed by atoms with Gasteiger partial charge in [-0.15, -0.1) is 0 Å². The normalized spacial score (nSPS) is 25.2. The second-order valence-corrected chi connectivity index (χ2v) is 11.0. The van der Waals surface area contributed by atoms with Crippen molar-refractivity contribution in [1.29, 1.82) is 0 Å². The standard InChI is InChI=1S/C31H32N4O6S/c1-21-17-35(29(37)33-27(21)36)28-26(41-30(42)34-16-15-32-20-34)31(39-19-23-11-6-3-7-12-23)14-8-13-24(25(31)40-28)38-18-22-9-4-2-5-10-22/h2-7,9-12,15-17,20,24-26,28H,8,13-14,18-19H2,1H3,(H,33,36,37)/t24-,25-,26+,28-,31-/m1/s1. The van der Waals surface area contributed by atoms with Crippen LogP contribution < -0.4 is 11.2 Å². The highest BCUT2D eigenvalue weighted by atomic mass is 32.1. The number of hydrogen-bond donors (Lipinski definition) is 1. The highest BCUT2D eigenvalue weighted by Crippen LogP contribution is 2.50. The fraction of sp³-hybridized carbons (Fsp3) is 0.355. The molecule has 2 aromatic heterocycles. The van der Waals surface area contributed by atoms with Crippen molar-refractivity contribution in [3.8, 4) is 0 Å². The molecule has 0 amide bonds. The Kier molecular flexibility index (Phi) is 8.16. The van der Waals surface area contributed by atoms with Crippen LogP contribution in [-0.2, 0) is 32.2 Å². The Morgan fingerprint density at radius 1 is 1.10 bits per heavy atom. The van der Waals surface area contributed by atoms with Crippen LogP contribution in [0.3, 0.4) is 0 Å². The number of benzene rings is 2. The maximum Gasteiger partial charge on any atom is 0.330 e. The van der Waals surface area contributed by atoms with E-state index in [4.69, 9.17) is 31.2 Å². The summed E-state index contributed by atoms with van der Waals surface area (Å²) in [4.78, 5) is 31.9. The van der Waals surface area contributed by atoms with Crippen molar-refractivity contribution in [2.75, 3.05) is 0 Å². The molecule has 6 rings (SSSR count). The van der Waals surface area contributed by atoms with Gasteiger partial charge in [0, 0.05) is 24.2 Å². The Morgan fingerprint density at radius 3 is 2.50 bits per heavy atom. The van der Waals surface area contributed by atoms with E-state index >= 15 is 0 Å². The minimum atomic E-state index is -1.03. The van der Waals surface area contributed by atoms with Gasteiger partial charge in [0.2, 0.25) is 0 Å². The lowest BCUT2D eigenvalue weighted by molar-refractivity contribution is -0.194. The summed E-state index contributed by atoms with van der Waals surface area (Å²) in [6, 6.07) is 19.8. The van der Waals surface area contributed by atoms with Crippen molar-refractivity contribution in [2.24, 2.45) is 0 Å². The van der Waals surface area contributed by atoms with Crippen LogP contribution in [0, 0.1) is 6.92 Å². The summed E-state index contributed by atoms with van der Waals surface area (Å²) in [5.41, 5.74) is 0.270. The van der Waals surface area contributed by atoms with Crippen molar-refractivity contribution in [3.63, 3.8) is 0 Å². The molecular weight excluding hydrogens is 556 g/mol. The molecule has 3 heterocycles.